The smallest absolute Gasteiger partial charge is 0.260 e. The van der Waals surface area contributed by atoms with Crippen molar-refractivity contribution in [3.63, 3.8) is 0 Å². The summed E-state index contributed by atoms with van der Waals surface area (Å²) in [6, 6.07) is 5.08. The molecule has 3 aromatic rings. The van der Waals surface area contributed by atoms with Crippen LogP contribution in [0.2, 0.25) is 0 Å². The van der Waals surface area contributed by atoms with Crippen molar-refractivity contribution < 1.29 is 4.52 Å². The van der Waals surface area contributed by atoms with Gasteiger partial charge in [0.2, 0.25) is 11.7 Å². The second-order valence-corrected chi connectivity index (χ2v) is 5.16. The van der Waals surface area contributed by atoms with Gasteiger partial charge in [-0.1, -0.05) is 11.2 Å². The van der Waals surface area contributed by atoms with Crippen LogP contribution in [0.25, 0.3) is 22.6 Å². The molecule has 0 aromatic carbocycles. The van der Waals surface area contributed by atoms with Gasteiger partial charge >= 0.3 is 0 Å². The highest BCUT2D eigenvalue weighted by Crippen LogP contribution is 2.21. The summed E-state index contributed by atoms with van der Waals surface area (Å²) in [6.45, 7) is 3.95. The Hall–Kier alpha value is -3.29. The van der Waals surface area contributed by atoms with Crippen molar-refractivity contribution in [2.75, 3.05) is 5.73 Å². The highest BCUT2D eigenvalue weighted by molar-refractivity contribution is 5.86. The number of pyridine rings is 2. The number of aromatic nitrogens is 4. The van der Waals surface area contributed by atoms with Gasteiger partial charge in [-0.05, 0) is 19.1 Å². The van der Waals surface area contributed by atoms with Crippen LogP contribution in [-0.2, 0) is 6.54 Å². The molecule has 0 saturated carbocycles. The molecule has 0 atom stereocenters. The number of nitrogens with two attached hydrogens (primary N) is 1. The fraction of sp³-hybridized carbons (Fsp3) is 0.188. The van der Waals surface area contributed by atoms with Crippen LogP contribution >= 0.6 is 0 Å². The fourth-order valence-corrected chi connectivity index (χ4v) is 2.43. The van der Waals surface area contributed by atoms with Crippen LogP contribution in [0.1, 0.15) is 18.4 Å². The van der Waals surface area contributed by atoms with Crippen molar-refractivity contribution in [3.05, 3.63) is 46.2 Å². The average Bonchev–Trinajstić information content (AvgIpc) is 3.02. The molecule has 0 aliphatic carbocycles. The van der Waals surface area contributed by atoms with E-state index in [-0.39, 0.29) is 11.4 Å². The minimum Gasteiger partial charge on any atom is -0.384 e. The Bertz CT molecular complexity index is 956. The third kappa shape index (κ3) is 2.58. The van der Waals surface area contributed by atoms with Gasteiger partial charge in [0, 0.05) is 42.6 Å². The fourth-order valence-electron chi connectivity index (χ4n) is 2.43. The Kier molecular flexibility index (Phi) is 3.95. The lowest BCUT2D eigenvalue weighted by molar-refractivity contribution is 0.394. The molecule has 122 valence electrons. The molecule has 8 heteroatoms. The Morgan fingerprint density at radius 2 is 2.21 bits per heavy atom. The molecule has 8 nitrogen and oxygen atoms in total. The number of nitrogen functional groups attached to an aromatic ring is 1. The van der Waals surface area contributed by atoms with Gasteiger partial charge in [-0.2, -0.15) is 4.98 Å². The standard InChI is InChI=1S/C16H16N6O2/c1-3-22-14(18)11(7-17)6-12(16(22)23)10-4-5-13(19-8-10)15-20-9(2)24-21-15/h4-8,17H,3,18H2,1-2H3. The van der Waals surface area contributed by atoms with Crippen LogP contribution in [0.15, 0.2) is 33.7 Å². The van der Waals surface area contributed by atoms with Crippen LogP contribution in [0.3, 0.4) is 0 Å². The molecular formula is C16H16N6O2. The number of hydrogen-bond acceptors (Lipinski definition) is 7. The van der Waals surface area contributed by atoms with Crippen LogP contribution in [0.4, 0.5) is 5.82 Å². The highest BCUT2D eigenvalue weighted by atomic mass is 16.5. The second kappa shape index (κ2) is 6.07. The minimum atomic E-state index is -0.217. The van der Waals surface area contributed by atoms with Crippen molar-refractivity contribution in [2.24, 2.45) is 0 Å². The van der Waals surface area contributed by atoms with Gasteiger partial charge in [0.1, 0.15) is 11.5 Å². The SMILES string of the molecule is CCn1c(N)c(C=N)cc(-c2ccc(-c3noc(C)n3)nc2)c1=O. The molecule has 0 amide bonds. The quantitative estimate of drug-likeness (QED) is 0.706. The van der Waals surface area contributed by atoms with E-state index in [9.17, 15) is 4.79 Å². The highest BCUT2D eigenvalue weighted by Gasteiger charge is 2.13. The lowest BCUT2D eigenvalue weighted by Gasteiger charge is -2.12. The zero-order valence-corrected chi connectivity index (χ0v) is 13.3. The first kappa shape index (κ1) is 15.6. The summed E-state index contributed by atoms with van der Waals surface area (Å²) in [4.78, 5) is 21.0. The average molecular weight is 324 g/mol. The van der Waals surface area contributed by atoms with E-state index >= 15 is 0 Å². The second-order valence-electron chi connectivity index (χ2n) is 5.16. The van der Waals surface area contributed by atoms with Crippen LogP contribution in [-0.4, -0.2) is 25.9 Å². The van der Waals surface area contributed by atoms with Crippen molar-refractivity contribution in [2.45, 2.75) is 20.4 Å². The third-order valence-electron chi connectivity index (χ3n) is 3.66. The van der Waals surface area contributed by atoms with E-state index in [4.69, 9.17) is 15.7 Å². The topological polar surface area (TPSA) is 124 Å². The van der Waals surface area contributed by atoms with Gasteiger partial charge in [0.25, 0.3) is 5.56 Å². The zero-order chi connectivity index (χ0) is 17.3. The van der Waals surface area contributed by atoms with Crippen LogP contribution in [0.5, 0.6) is 0 Å². The van der Waals surface area contributed by atoms with Crippen molar-refractivity contribution >= 4 is 12.0 Å². The normalized spacial score (nSPS) is 10.8. The van der Waals surface area contributed by atoms with E-state index < -0.39 is 0 Å². The van der Waals surface area contributed by atoms with Gasteiger partial charge in [-0.15, -0.1) is 0 Å². The first-order valence-electron chi connectivity index (χ1n) is 7.36. The number of rotatable bonds is 4. The maximum absolute atomic E-state index is 12.6. The molecule has 24 heavy (non-hydrogen) atoms. The number of aryl methyl sites for hydroxylation is 1. The number of nitrogens with zero attached hydrogens (tertiary/aromatic N) is 4. The predicted octanol–water partition coefficient (Wildman–Crippen LogP) is 1.87. The molecule has 0 spiro atoms. The Labute approximate surface area is 137 Å². The van der Waals surface area contributed by atoms with Gasteiger partial charge < -0.3 is 15.7 Å². The molecule has 0 fully saturated rings. The van der Waals surface area contributed by atoms with Gasteiger partial charge in [-0.25, -0.2) is 0 Å². The Balaban J connectivity index is 2.09. The molecule has 3 N–H and O–H groups in total. The first-order chi connectivity index (χ1) is 11.5. The lowest BCUT2D eigenvalue weighted by Crippen LogP contribution is -2.25. The van der Waals surface area contributed by atoms with Crippen molar-refractivity contribution in [1.29, 1.82) is 5.41 Å². The van der Waals surface area contributed by atoms with E-state index in [2.05, 4.69) is 15.1 Å². The monoisotopic (exact) mass is 324 g/mol. The number of hydrogen-bond donors (Lipinski definition) is 2. The zero-order valence-electron chi connectivity index (χ0n) is 13.3. The summed E-state index contributed by atoms with van der Waals surface area (Å²) in [7, 11) is 0. The summed E-state index contributed by atoms with van der Waals surface area (Å²) in [5.41, 5.74) is 7.82. The molecule has 3 heterocycles. The minimum absolute atomic E-state index is 0.217. The van der Waals surface area contributed by atoms with E-state index in [1.807, 2.05) is 6.92 Å². The predicted molar refractivity (Wildman–Crippen MR) is 89.9 cm³/mol. The molecule has 0 bridgehead atoms. The van der Waals surface area contributed by atoms with Crippen LogP contribution < -0.4 is 11.3 Å². The van der Waals surface area contributed by atoms with Gasteiger partial charge in [0.05, 0.1) is 0 Å². The maximum atomic E-state index is 12.6. The summed E-state index contributed by atoms with van der Waals surface area (Å²) in [5, 5.41) is 11.3. The largest absolute Gasteiger partial charge is 0.384 e. The maximum Gasteiger partial charge on any atom is 0.260 e. The lowest BCUT2D eigenvalue weighted by atomic mass is 10.1. The Morgan fingerprint density at radius 3 is 2.75 bits per heavy atom. The Morgan fingerprint density at radius 1 is 1.42 bits per heavy atom. The van der Waals surface area contributed by atoms with Crippen molar-refractivity contribution in [1.82, 2.24) is 19.7 Å². The van der Waals surface area contributed by atoms with E-state index in [1.165, 1.54) is 4.57 Å². The van der Waals surface area contributed by atoms with E-state index in [0.29, 0.717) is 40.6 Å². The van der Waals surface area contributed by atoms with Crippen LogP contribution in [0, 0.1) is 12.3 Å². The van der Waals surface area contributed by atoms with Crippen molar-refractivity contribution in [3.8, 4) is 22.6 Å². The molecule has 3 aromatic heterocycles. The number of nitrogens with one attached hydrogen (secondary N) is 1. The van der Waals surface area contributed by atoms with Gasteiger partial charge in [-0.3, -0.25) is 14.3 Å². The molecule has 0 aliphatic rings. The summed E-state index contributed by atoms with van der Waals surface area (Å²) >= 11 is 0. The third-order valence-corrected chi connectivity index (χ3v) is 3.66. The molecule has 0 aliphatic heterocycles. The molecule has 0 unspecified atom stereocenters. The molecule has 0 radical (unpaired) electrons. The molecule has 3 rings (SSSR count). The molecular weight excluding hydrogens is 308 g/mol. The summed E-state index contributed by atoms with van der Waals surface area (Å²) in [6.07, 6.45) is 2.70. The summed E-state index contributed by atoms with van der Waals surface area (Å²) < 4.78 is 6.37. The van der Waals surface area contributed by atoms with E-state index in [0.717, 1.165) is 6.21 Å². The summed E-state index contributed by atoms with van der Waals surface area (Å²) in [5.74, 6) is 1.13. The molecule has 0 saturated heterocycles. The number of anilines is 1. The van der Waals surface area contributed by atoms with E-state index in [1.54, 1.807) is 31.3 Å². The van der Waals surface area contributed by atoms with Gasteiger partial charge in [0.15, 0.2) is 0 Å². The first-order valence-corrected chi connectivity index (χ1v) is 7.36.